The molecule has 6 nitrogen and oxygen atoms in total. The Labute approximate surface area is 204 Å². The zero-order chi connectivity index (χ0) is 24.0. The van der Waals surface area contributed by atoms with Crippen LogP contribution in [0.25, 0.3) is 11.1 Å². The van der Waals surface area contributed by atoms with Gasteiger partial charge >= 0.3 is 0 Å². The van der Waals surface area contributed by atoms with E-state index in [9.17, 15) is 4.39 Å². The smallest absolute Gasteiger partial charge is 0.220 e. The number of nitrogen functional groups attached to an aromatic ring is 1. The van der Waals surface area contributed by atoms with Gasteiger partial charge < -0.3 is 10.5 Å². The van der Waals surface area contributed by atoms with Crippen molar-refractivity contribution in [3.05, 3.63) is 102 Å². The quantitative estimate of drug-likeness (QED) is 0.382. The number of likely N-dealkylation sites (tertiary alicyclic amines) is 1. The minimum Gasteiger partial charge on any atom is -0.487 e. The fraction of sp³-hybridized carbons (Fsp3) is 0.250. The Morgan fingerprint density at radius 1 is 0.971 bits per heavy atom. The van der Waals surface area contributed by atoms with Crippen molar-refractivity contribution >= 4 is 5.95 Å². The molecule has 1 saturated heterocycles. The Kier molecular flexibility index (Phi) is 6.95. The summed E-state index contributed by atoms with van der Waals surface area (Å²) in [7, 11) is 0. The first kappa shape index (κ1) is 22.9. The van der Waals surface area contributed by atoms with Gasteiger partial charge in [-0.25, -0.2) is 14.4 Å². The van der Waals surface area contributed by atoms with Gasteiger partial charge in [0.05, 0.1) is 17.4 Å². The molecule has 1 fully saturated rings. The highest BCUT2D eigenvalue weighted by molar-refractivity contribution is 5.66. The molecule has 0 radical (unpaired) electrons. The van der Waals surface area contributed by atoms with Crippen LogP contribution in [-0.4, -0.2) is 26.4 Å². The Bertz CT molecular complexity index is 1270. The van der Waals surface area contributed by atoms with Crippen LogP contribution >= 0.6 is 0 Å². The van der Waals surface area contributed by atoms with Gasteiger partial charge in [0.25, 0.3) is 0 Å². The van der Waals surface area contributed by atoms with Crippen LogP contribution in [0.4, 0.5) is 10.3 Å². The number of nitrogens with two attached hydrogens (primary N) is 1. The molecule has 0 aliphatic carbocycles. The topological polar surface area (TPSA) is 77.2 Å². The fourth-order valence-corrected chi connectivity index (χ4v) is 4.63. The third-order valence-electron chi connectivity index (χ3n) is 6.37. The lowest BCUT2D eigenvalue weighted by atomic mass is 9.93. The summed E-state index contributed by atoms with van der Waals surface area (Å²) in [5.74, 6) is 0.826. The van der Waals surface area contributed by atoms with Crippen LogP contribution in [0.15, 0.2) is 79.1 Å². The van der Waals surface area contributed by atoms with Gasteiger partial charge in [-0.15, -0.1) is 0 Å². The van der Waals surface area contributed by atoms with Gasteiger partial charge in [-0.1, -0.05) is 42.8 Å². The Hall–Kier alpha value is -3.84. The molecule has 1 aliphatic heterocycles. The van der Waals surface area contributed by atoms with Crippen LogP contribution in [-0.2, 0) is 13.2 Å². The Morgan fingerprint density at radius 2 is 1.80 bits per heavy atom. The molecular formula is C28H28FN5O. The molecule has 7 heteroatoms. The van der Waals surface area contributed by atoms with Crippen molar-refractivity contribution in [2.45, 2.75) is 38.5 Å². The van der Waals surface area contributed by atoms with Crippen molar-refractivity contribution in [1.82, 2.24) is 19.9 Å². The number of ether oxygens (including phenoxy) is 1. The molecule has 0 bridgehead atoms. The van der Waals surface area contributed by atoms with Crippen LogP contribution in [0, 0.1) is 5.82 Å². The minimum absolute atomic E-state index is 0.0675. The van der Waals surface area contributed by atoms with E-state index in [0.29, 0.717) is 6.61 Å². The zero-order valence-corrected chi connectivity index (χ0v) is 19.5. The summed E-state index contributed by atoms with van der Waals surface area (Å²) < 4.78 is 19.7. The molecular weight excluding hydrogens is 441 g/mol. The maximum atomic E-state index is 13.6. The molecule has 2 N–H and O–H groups in total. The third-order valence-corrected chi connectivity index (χ3v) is 6.37. The summed E-state index contributed by atoms with van der Waals surface area (Å²) >= 11 is 0. The number of anilines is 1. The standard InChI is InChI=1S/C28H28FN5O/c29-22-13-11-20(12-14-22)24-17-32-28(30)33-27(24)25-9-4-6-16-34(25)18-21-7-1-2-10-26(21)35-19-23-8-3-5-15-31-23/h1-3,5,7-8,10-15,17,25H,4,6,9,16,18-19H2,(H2,30,32,33). The van der Waals surface area contributed by atoms with Crippen molar-refractivity contribution in [2.75, 3.05) is 12.3 Å². The number of para-hydroxylation sites is 1. The number of piperidine rings is 1. The van der Waals surface area contributed by atoms with Crippen molar-refractivity contribution in [2.24, 2.45) is 0 Å². The molecule has 0 amide bonds. The SMILES string of the molecule is Nc1ncc(-c2ccc(F)cc2)c(C2CCCCN2Cc2ccccc2OCc2ccccn2)n1. The second-order valence-electron chi connectivity index (χ2n) is 8.73. The maximum Gasteiger partial charge on any atom is 0.220 e. The highest BCUT2D eigenvalue weighted by Gasteiger charge is 2.29. The van der Waals surface area contributed by atoms with Crippen molar-refractivity contribution in [1.29, 1.82) is 0 Å². The summed E-state index contributed by atoms with van der Waals surface area (Å²) in [4.78, 5) is 15.7. The van der Waals surface area contributed by atoms with E-state index in [4.69, 9.17) is 10.5 Å². The molecule has 0 spiro atoms. The van der Waals surface area contributed by atoms with Gasteiger partial charge in [-0.05, 0) is 55.3 Å². The highest BCUT2D eigenvalue weighted by Crippen LogP contribution is 2.37. The van der Waals surface area contributed by atoms with Crippen molar-refractivity contribution < 1.29 is 9.13 Å². The van der Waals surface area contributed by atoms with Gasteiger partial charge in [0, 0.05) is 30.1 Å². The number of aromatic nitrogens is 3. The van der Waals surface area contributed by atoms with E-state index >= 15 is 0 Å². The van der Waals surface area contributed by atoms with Gasteiger partial charge in [-0.3, -0.25) is 9.88 Å². The monoisotopic (exact) mass is 469 g/mol. The van der Waals surface area contributed by atoms with Crippen molar-refractivity contribution in [3.63, 3.8) is 0 Å². The molecule has 1 unspecified atom stereocenters. The minimum atomic E-state index is -0.270. The number of rotatable bonds is 7. The molecule has 1 aliphatic rings. The predicted molar refractivity (Wildman–Crippen MR) is 134 cm³/mol. The maximum absolute atomic E-state index is 13.6. The second kappa shape index (κ2) is 10.6. The summed E-state index contributed by atoms with van der Waals surface area (Å²) in [5.41, 5.74) is 10.7. The zero-order valence-electron chi connectivity index (χ0n) is 19.5. The van der Waals surface area contributed by atoms with Crippen LogP contribution in [0.5, 0.6) is 5.75 Å². The number of benzene rings is 2. The number of hydrogen-bond acceptors (Lipinski definition) is 6. The largest absolute Gasteiger partial charge is 0.487 e. The molecule has 2 aromatic heterocycles. The van der Waals surface area contributed by atoms with Gasteiger partial charge in [0.2, 0.25) is 5.95 Å². The van der Waals surface area contributed by atoms with Gasteiger partial charge in [0.1, 0.15) is 18.2 Å². The lowest BCUT2D eigenvalue weighted by Gasteiger charge is -2.36. The van der Waals surface area contributed by atoms with E-state index in [1.807, 2.05) is 36.4 Å². The summed E-state index contributed by atoms with van der Waals surface area (Å²) in [6.07, 6.45) is 6.70. The number of nitrogens with zero attached hydrogens (tertiary/aromatic N) is 4. The van der Waals surface area contributed by atoms with Crippen LogP contribution in [0.2, 0.25) is 0 Å². The molecule has 3 heterocycles. The molecule has 1 atom stereocenters. The second-order valence-corrected chi connectivity index (χ2v) is 8.73. The van der Waals surface area contributed by atoms with Crippen molar-refractivity contribution in [3.8, 4) is 16.9 Å². The summed E-state index contributed by atoms with van der Waals surface area (Å²) in [6.45, 7) is 2.07. The Morgan fingerprint density at radius 3 is 2.63 bits per heavy atom. The first-order valence-electron chi connectivity index (χ1n) is 11.9. The molecule has 5 rings (SSSR count). The van der Waals surface area contributed by atoms with Crippen LogP contribution in [0.3, 0.4) is 0 Å². The van der Waals surface area contributed by atoms with Gasteiger partial charge in [-0.2, -0.15) is 0 Å². The predicted octanol–water partition coefficient (Wildman–Crippen LogP) is 5.57. The van der Waals surface area contributed by atoms with E-state index in [2.05, 4.69) is 25.9 Å². The normalized spacial score (nSPS) is 16.2. The fourth-order valence-electron chi connectivity index (χ4n) is 4.63. The van der Waals surface area contributed by atoms with Gasteiger partial charge in [0.15, 0.2) is 0 Å². The first-order valence-corrected chi connectivity index (χ1v) is 11.9. The van der Waals surface area contributed by atoms with Crippen LogP contribution in [0.1, 0.15) is 42.3 Å². The van der Waals surface area contributed by atoms with E-state index in [-0.39, 0.29) is 17.8 Å². The molecule has 2 aromatic carbocycles. The molecule has 0 saturated carbocycles. The first-order chi connectivity index (χ1) is 17.2. The number of halogens is 1. The third kappa shape index (κ3) is 5.46. The Balaban J connectivity index is 1.42. The number of pyridine rings is 1. The van der Waals surface area contributed by atoms with E-state index < -0.39 is 0 Å². The lowest BCUT2D eigenvalue weighted by Crippen LogP contribution is -2.34. The highest BCUT2D eigenvalue weighted by atomic mass is 19.1. The average molecular weight is 470 g/mol. The summed E-state index contributed by atoms with van der Waals surface area (Å²) in [5, 5.41) is 0. The number of hydrogen-bond donors (Lipinski definition) is 1. The summed E-state index contributed by atoms with van der Waals surface area (Å²) in [6, 6.07) is 20.5. The van der Waals surface area contributed by atoms with Crippen LogP contribution < -0.4 is 10.5 Å². The average Bonchev–Trinajstić information content (AvgIpc) is 2.90. The van der Waals surface area contributed by atoms with E-state index in [0.717, 1.165) is 66.2 Å². The van der Waals surface area contributed by atoms with E-state index in [1.54, 1.807) is 24.5 Å². The van der Waals surface area contributed by atoms with E-state index in [1.165, 1.54) is 12.1 Å². The molecule has 178 valence electrons. The lowest BCUT2D eigenvalue weighted by molar-refractivity contribution is 0.135. The molecule has 35 heavy (non-hydrogen) atoms. The molecule has 4 aromatic rings.